The van der Waals surface area contributed by atoms with Crippen molar-refractivity contribution in [2.75, 3.05) is 39.4 Å². The molecule has 6 heterocycles. The van der Waals surface area contributed by atoms with Crippen LogP contribution in [0.4, 0.5) is 0 Å². The van der Waals surface area contributed by atoms with Crippen LogP contribution in [-0.4, -0.2) is 63.7 Å². The maximum atomic E-state index is 13.3. The van der Waals surface area contributed by atoms with Gasteiger partial charge in [-0.1, -0.05) is 6.07 Å². The second kappa shape index (κ2) is 7.55. The maximum absolute atomic E-state index is 13.3. The number of aromatic nitrogens is 3. The van der Waals surface area contributed by atoms with Crippen molar-refractivity contribution in [3.05, 3.63) is 58.0 Å². The zero-order valence-corrected chi connectivity index (χ0v) is 17.3. The Kier molecular flexibility index (Phi) is 4.70. The van der Waals surface area contributed by atoms with Crippen molar-refractivity contribution in [2.24, 2.45) is 17.8 Å². The first-order chi connectivity index (χ1) is 14.7. The van der Waals surface area contributed by atoms with Gasteiger partial charge < -0.3 is 9.30 Å². The third kappa shape index (κ3) is 3.39. The van der Waals surface area contributed by atoms with Gasteiger partial charge >= 0.3 is 0 Å². The Balaban J connectivity index is 1.19. The Hall–Kier alpha value is -2.09. The highest BCUT2D eigenvalue weighted by atomic mass is 16.5. The average Bonchev–Trinajstić information content (AvgIpc) is 3.33. The lowest BCUT2D eigenvalue weighted by Crippen LogP contribution is -2.47. The van der Waals surface area contributed by atoms with Crippen LogP contribution in [0.1, 0.15) is 29.3 Å². The first-order valence-corrected chi connectivity index (χ1v) is 11.2. The number of fused-ring (bicyclic) bond motifs is 5. The summed E-state index contributed by atoms with van der Waals surface area (Å²) in [6.07, 6.45) is 6.52. The van der Waals surface area contributed by atoms with Crippen molar-refractivity contribution in [2.45, 2.75) is 32.0 Å². The molecule has 0 aliphatic carbocycles. The fourth-order valence-electron chi connectivity index (χ4n) is 6.13. The standard InChI is InChI=1S/C23H29N5O2/c29-23-17(9-27-11-19-14-30-15-20(19)12-27)1-2-22-18-5-16(8-28(22)23)7-26(10-18)13-21-6-24-3-4-25-21/h1-4,6,16,18-20H,5,7-15H2/t16-,18+,19-,20+/m0/s1. The molecule has 158 valence electrons. The van der Waals surface area contributed by atoms with Gasteiger partial charge in [-0.05, 0) is 18.4 Å². The van der Waals surface area contributed by atoms with Crippen LogP contribution in [0.25, 0.3) is 0 Å². The van der Waals surface area contributed by atoms with Crippen molar-refractivity contribution >= 4 is 0 Å². The van der Waals surface area contributed by atoms with E-state index in [1.807, 2.05) is 6.20 Å². The van der Waals surface area contributed by atoms with E-state index in [1.54, 1.807) is 12.4 Å². The molecule has 7 heteroatoms. The predicted octanol–water partition coefficient (Wildman–Crippen LogP) is 1.34. The monoisotopic (exact) mass is 407 g/mol. The Morgan fingerprint density at radius 1 is 0.967 bits per heavy atom. The van der Waals surface area contributed by atoms with Gasteiger partial charge in [-0.15, -0.1) is 0 Å². The second-order valence-electron chi connectivity index (χ2n) is 9.64. The van der Waals surface area contributed by atoms with Gasteiger partial charge in [0.15, 0.2) is 0 Å². The minimum atomic E-state index is 0.234. The third-order valence-electron chi connectivity index (χ3n) is 7.47. The van der Waals surface area contributed by atoms with Crippen LogP contribution in [0, 0.1) is 17.8 Å². The van der Waals surface area contributed by atoms with E-state index < -0.39 is 0 Å². The Morgan fingerprint density at radius 3 is 2.60 bits per heavy atom. The Labute approximate surface area is 176 Å². The zero-order chi connectivity index (χ0) is 20.1. The van der Waals surface area contributed by atoms with E-state index in [9.17, 15) is 4.79 Å². The minimum Gasteiger partial charge on any atom is -0.381 e. The topological polar surface area (TPSA) is 63.5 Å². The van der Waals surface area contributed by atoms with E-state index >= 15 is 0 Å². The van der Waals surface area contributed by atoms with Crippen LogP contribution in [0.2, 0.25) is 0 Å². The number of nitrogens with zero attached hydrogens (tertiary/aromatic N) is 5. The van der Waals surface area contributed by atoms with Gasteiger partial charge in [0.1, 0.15) is 0 Å². The fourth-order valence-corrected chi connectivity index (χ4v) is 6.13. The van der Waals surface area contributed by atoms with Crippen molar-refractivity contribution in [3.63, 3.8) is 0 Å². The highest BCUT2D eigenvalue weighted by molar-refractivity contribution is 5.22. The van der Waals surface area contributed by atoms with E-state index in [4.69, 9.17) is 4.74 Å². The van der Waals surface area contributed by atoms with Gasteiger partial charge in [0, 0.05) is 93.4 Å². The van der Waals surface area contributed by atoms with Crippen LogP contribution >= 0.6 is 0 Å². The SMILES string of the molecule is O=c1c(CN2C[C@H]3COC[C@H]3C2)ccc2n1C[C@H]1C[C@@H]2CN(Cc2cnccn2)C1. The number of hydrogen-bond donors (Lipinski definition) is 0. The maximum Gasteiger partial charge on any atom is 0.255 e. The predicted molar refractivity (Wildman–Crippen MR) is 112 cm³/mol. The summed E-state index contributed by atoms with van der Waals surface area (Å²) in [4.78, 5) is 26.9. The van der Waals surface area contributed by atoms with Crippen molar-refractivity contribution in [1.82, 2.24) is 24.3 Å². The van der Waals surface area contributed by atoms with E-state index in [0.29, 0.717) is 23.7 Å². The number of piperidine rings is 1. The van der Waals surface area contributed by atoms with Gasteiger partial charge in [0.2, 0.25) is 0 Å². The number of hydrogen-bond acceptors (Lipinski definition) is 6. The van der Waals surface area contributed by atoms with Crippen LogP contribution in [0.3, 0.4) is 0 Å². The molecule has 2 aromatic rings. The van der Waals surface area contributed by atoms with Gasteiger partial charge in [0.05, 0.1) is 18.9 Å². The minimum absolute atomic E-state index is 0.234. The third-order valence-corrected chi connectivity index (χ3v) is 7.47. The smallest absolute Gasteiger partial charge is 0.255 e. The molecular formula is C23H29N5O2. The van der Waals surface area contributed by atoms with Gasteiger partial charge in [-0.2, -0.15) is 0 Å². The molecule has 4 atom stereocenters. The van der Waals surface area contributed by atoms with Gasteiger partial charge in [0.25, 0.3) is 5.56 Å². The van der Waals surface area contributed by atoms with E-state index in [2.05, 4.69) is 36.5 Å². The number of ether oxygens (including phenoxy) is 1. The van der Waals surface area contributed by atoms with Crippen molar-refractivity contribution in [3.8, 4) is 0 Å². The molecule has 0 unspecified atom stereocenters. The zero-order valence-electron chi connectivity index (χ0n) is 17.3. The van der Waals surface area contributed by atoms with Crippen LogP contribution in [0.15, 0.2) is 35.5 Å². The summed E-state index contributed by atoms with van der Waals surface area (Å²) in [7, 11) is 0. The summed E-state index contributed by atoms with van der Waals surface area (Å²) in [5, 5.41) is 0. The summed E-state index contributed by atoms with van der Waals surface area (Å²) in [6, 6.07) is 4.32. The van der Waals surface area contributed by atoms with E-state index in [-0.39, 0.29) is 5.56 Å². The summed E-state index contributed by atoms with van der Waals surface area (Å²) in [5.41, 5.74) is 3.43. The fraction of sp³-hybridized carbons (Fsp3) is 0.609. The molecule has 7 nitrogen and oxygen atoms in total. The lowest BCUT2D eigenvalue weighted by molar-refractivity contribution is 0.112. The van der Waals surface area contributed by atoms with E-state index in [0.717, 1.165) is 70.3 Å². The van der Waals surface area contributed by atoms with Crippen LogP contribution < -0.4 is 5.56 Å². The Morgan fingerprint density at radius 2 is 1.80 bits per heavy atom. The first kappa shape index (κ1) is 18.7. The van der Waals surface area contributed by atoms with Crippen molar-refractivity contribution < 1.29 is 4.74 Å². The first-order valence-electron chi connectivity index (χ1n) is 11.2. The summed E-state index contributed by atoms with van der Waals surface area (Å²) < 4.78 is 7.68. The van der Waals surface area contributed by atoms with E-state index in [1.165, 1.54) is 12.1 Å². The number of likely N-dealkylation sites (tertiary alicyclic amines) is 2. The summed E-state index contributed by atoms with van der Waals surface area (Å²) >= 11 is 0. The molecule has 3 fully saturated rings. The van der Waals surface area contributed by atoms with Crippen molar-refractivity contribution in [1.29, 1.82) is 0 Å². The molecule has 4 aliphatic heterocycles. The van der Waals surface area contributed by atoms with Gasteiger partial charge in [-0.25, -0.2) is 0 Å². The largest absolute Gasteiger partial charge is 0.381 e. The summed E-state index contributed by atoms with van der Waals surface area (Å²) in [6.45, 7) is 8.37. The molecule has 0 N–H and O–H groups in total. The molecule has 0 aromatic carbocycles. The number of pyridine rings is 1. The van der Waals surface area contributed by atoms with Gasteiger partial charge in [-0.3, -0.25) is 24.6 Å². The quantitative estimate of drug-likeness (QED) is 0.762. The molecule has 0 spiro atoms. The molecule has 30 heavy (non-hydrogen) atoms. The molecule has 0 saturated carbocycles. The lowest BCUT2D eigenvalue weighted by Gasteiger charge is -2.42. The second-order valence-corrected chi connectivity index (χ2v) is 9.64. The normalized spacial score (nSPS) is 30.9. The highest BCUT2D eigenvalue weighted by Gasteiger charge is 2.38. The molecule has 2 aromatic heterocycles. The lowest BCUT2D eigenvalue weighted by atomic mass is 9.83. The molecule has 3 saturated heterocycles. The average molecular weight is 408 g/mol. The molecule has 6 rings (SSSR count). The van der Waals surface area contributed by atoms with Crippen LogP contribution in [0.5, 0.6) is 0 Å². The Bertz CT molecular complexity index is 965. The molecule has 0 radical (unpaired) electrons. The van der Waals surface area contributed by atoms with Crippen LogP contribution in [-0.2, 0) is 24.4 Å². The molecule has 2 bridgehead atoms. The highest BCUT2D eigenvalue weighted by Crippen LogP contribution is 2.36. The molecule has 4 aliphatic rings. The number of rotatable bonds is 4. The summed E-state index contributed by atoms with van der Waals surface area (Å²) in [5.74, 6) is 2.28. The molecular weight excluding hydrogens is 378 g/mol. The molecule has 0 amide bonds.